The van der Waals surface area contributed by atoms with Gasteiger partial charge in [-0.05, 0) is 12.1 Å². The van der Waals surface area contributed by atoms with Gasteiger partial charge in [-0.15, -0.1) is 0 Å². The van der Waals surface area contributed by atoms with Crippen LogP contribution in [0.2, 0.25) is 5.15 Å². The smallest absolute Gasteiger partial charge is 0.408 e. The fourth-order valence-corrected chi connectivity index (χ4v) is 2.91. The number of esters is 1. The van der Waals surface area contributed by atoms with Crippen molar-refractivity contribution < 1.29 is 27.5 Å². The minimum Gasteiger partial charge on any atom is -0.469 e. The number of fused-ring (bicyclic) bond motifs is 1. The summed E-state index contributed by atoms with van der Waals surface area (Å²) in [6.07, 6.45) is -2.47. The molecule has 0 N–H and O–H groups in total. The van der Waals surface area contributed by atoms with E-state index in [1.54, 1.807) is 0 Å². The zero-order valence-electron chi connectivity index (χ0n) is 13.3. The standard InChI is InChI=1S/C15H12ClF3N4O3/c1-26-12(24)4-10-13-9(2-3-11(16)21-13)14(25)23(10)8-5-20-22(6-8)7-15(17,18)19/h2-3,5-6,10H,4,7H2,1H3. The minimum absolute atomic E-state index is 0.113. The van der Waals surface area contributed by atoms with Crippen molar-refractivity contribution in [1.82, 2.24) is 14.8 Å². The highest BCUT2D eigenvalue weighted by molar-refractivity contribution is 6.29. The van der Waals surface area contributed by atoms with E-state index < -0.39 is 30.6 Å². The summed E-state index contributed by atoms with van der Waals surface area (Å²) in [5.41, 5.74) is 0.589. The van der Waals surface area contributed by atoms with Crippen LogP contribution < -0.4 is 4.90 Å². The van der Waals surface area contributed by atoms with Gasteiger partial charge >= 0.3 is 12.1 Å². The molecule has 1 aliphatic heterocycles. The molecule has 0 radical (unpaired) electrons. The summed E-state index contributed by atoms with van der Waals surface area (Å²) in [7, 11) is 1.19. The van der Waals surface area contributed by atoms with Crippen molar-refractivity contribution in [2.45, 2.75) is 25.2 Å². The van der Waals surface area contributed by atoms with Crippen LogP contribution in [0, 0.1) is 0 Å². The molecule has 0 aromatic carbocycles. The normalized spacial score (nSPS) is 16.7. The fourth-order valence-electron chi connectivity index (χ4n) is 2.75. The molecule has 138 valence electrons. The van der Waals surface area contributed by atoms with E-state index in [9.17, 15) is 22.8 Å². The molecule has 26 heavy (non-hydrogen) atoms. The Hall–Kier alpha value is -2.62. The highest BCUT2D eigenvalue weighted by atomic mass is 35.5. The number of aromatic nitrogens is 3. The number of hydrogen-bond donors (Lipinski definition) is 0. The van der Waals surface area contributed by atoms with Crippen LogP contribution in [0.25, 0.3) is 0 Å². The molecule has 0 spiro atoms. The average Bonchev–Trinajstić information content (AvgIpc) is 3.09. The van der Waals surface area contributed by atoms with Crippen LogP contribution in [-0.4, -0.2) is 39.9 Å². The van der Waals surface area contributed by atoms with Crippen LogP contribution >= 0.6 is 11.6 Å². The van der Waals surface area contributed by atoms with Gasteiger partial charge in [-0.25, -0.2) is 4.98 Å². The average molecular weight is 389 g/mol. The number of pyridine rings is 1. The van der Waals surface area contributed by atoms with E-state index in [1.807, 2.05) is 0 Å². The molecule has 7 nitrogen and oxygen atoms in total. The van der Waals surface area contributed by atoms with Gasteiger partial charge < -0.3 is 4.74 Å². The largest absolute Gasteiger partial charge is 0.469 e. The summed E-state index contributed by atoms with van der Waals surface area (Å²) >= 11 is 5.88. The van der Waals surface area contributed by atoms with Gasteiger partial charge in [0.15, 0.2) is 0 Å². The molecule has 1 unspecified atom stereocenters. The fraction of sp³-hybridized carbons (Fsp3) is 0.333. The quantitative estimate of drug-likeness (QED) is 0.594. The summed E-state index contributed by atoms with van der Waals surface area (Å²) < 4.78 is 42.9. The molecule has 0 saturated heterocycles. The van der Waals surface area contributed by atoms with E-state index in [0.29, 0.717) is 4.68 Å². The lowest BCUT2D eigenvalue weighted by atomic mass is 10.1. The maximum Gasteiger partial charge on any atom is 0.408 e. The van der Waals surface area contributed by atoms with Crippen molar-refractivity contribution in [2.75, 3.05) is 12.0 Å². The Labute approximate surface area is 150 Å². The number of alkyl halides is 3. The van der Waals surface area contributed by atoms with Crippen molar-refractivity contribution in [3.63, 3.8) is 0 Å². The first-order valence-electron chi connectivity index (χ1n) is 7.35. The van der Waals surface area contributed by atoms with E-state index in [-0.39, 0.29) is 28.5 Å². The predicted octanol–water partition coefficient (Wildman–Crippen LogP) is 2.76. The van der Waals surface area contributed by atoms with Crippen LogP contribution in [0.4, 0.5) is 18.9 Å². The molecule has 0 saturated carbocycles. The third-order valence-electron chi connectivity index (χ3n) is 3.79. The third kappa shape index (κ3) is 3.50. The zero-order chi connectivity index (χ0) is 19.1. The number of carbonyl (C=O) groups is 2. The zero-order valence-corrected chi connectivity index (χ0v) is 14.1. The first kappa shape index (κ1) is 18.2. The van der Waals surface area contributed by atoms with Crippen LogP contribution in [0.3, 0.4) is 0 Å². The second kappa shape index (κ2) is 6.60. The molecule has 0 fully saturated rings. The molecule has 2 aromatic heterocycles. The third-order valence-corrected chi connectivity index (χ3v) is 4.00. The summed E-state index contributed by atoms with van der Waals surface area (Å²) in [6.45, 7) is -1.30. The molecule has 1 aliphatic rings. The predicted molar refractivity (Wildman–Crippen MR) is 83.7 cm³/mol. The first-order chi connectivity index (χ1) is 12.2. The molecule has 3 rings (SSSR count). The van der Waals surface area contributed by atoms with Crippen LogP contribution in [0.15, 0.2) is 24.5 Å². The number of methoxy groups -OCH3 is 1. The summed E-state index contributed by atoms with van der Waals surface area (Å²) in [4.78, 5) is 29.7. The lowest BCUT2D eigenvalue weighted by Crippen LogP contribution is -2.29. The second-order valence-corrected chi connectivity index (χ2v) is 5.94. The van der Waals surface area contributed by atoms with Gasteiger partial charge in [0.25, 0.3) is 5.91 Å². The maximum atomic E-state index is 12.7. The van der Waals surface area contributed by atoms with Crippen LogP contribution in [0.1, 0.15) is 28.5 Å². The number of amides is 1. The van der Waals surface area contributed by atoms with Gasteiger partial charge in [-0.3, -0.25) is 19.2 Å². The monoisotopic (exact) mass is 388 g/mol. The van der Waals surface area contributed by atoms with Crippen LogP contribution in [0.5, 0.6) is 0 Å². The van der Waals surface area contributed by atoms with Crippen LogP contribution in [-0.2, 0) is 16.1 Å². The highest BCUT2D eigenvalue weighted by Crippen LogP contribution is 2.39. The van der Waals surface area contributed by atoms with E-state index in [2.05, 4.69) is 14.8 Å². The number of rotatable bonds is 4. The molecular formula is C15H12ClF3N4O3. The highest BCUT2D eigenvalue weighted by Gasteiger charge is 2.41. The number of nitrogens with zero attached hydrogens (tertiary/aromatic N) is 4. The second-order valence-electron chi connectivity index (χ2n) is 5.55. The van der Waals surface area contributed by atoms with Crippen molar-refractivity contribution in [3.8, 4) is 0 Å². The molecule has 1 atom stereocenters. The number of anilines is 1. The van der Waals surface area contributed by atoms with Gasteiger partial charge in [0.1, 0.15) is 11.7 Å². The van der Waals surface area contributed by atoms with Gasteiger partial charge in [0.2, 0.25) is 0 Å². The van der Waals surface area contributed by atoms with Gasteiger partial charge in [0.05, 0.1) is 42.7 Å². The SMILES string of the molecule is COC(=O)CC1c2nc(Cl)ccc2C(=O)N1c1cnn(CC(F)(F)F)c1. The topological polar surface area (TPSA) is 77.3 Å². The minimum atomic E-state index is -4.46. The van der Waals surface area contributed by atoms with Gasteiger partial charge in [0, 0.05) is 6.20 Å². The molecular weight excluding hydrogens is 377 g/mol. The van der Waals surface area contributed by atoms with Gasteiger partial charge in [-0.1, -0.05) is 11.6 Å². The van der Waals surface area contributed by atoms with Crippen molar-refractivity contribution in [1.29, 1.82) is 0 Å². The maximum absolute atomic E-state index is 12.7. The van der Waals surface area contributed by atoms with E-state index in [4.69, 9.17) is 11.6 Å². The van der Waals surface area contributed by atoms with Gasteiger partial charge in [-0.2, -0.15) is 18.3 Å². The van der Waals surface area contributed by atoms with Crippen molar-refractivity contribution in [2.24, 2.45) is 0 Å². The Kier molecular flexibility index (Phi) is 4.61. The number of hydrogen-bond acceptors (Lipinski definition) is 5. The first-order valence-corrected chi connectivity index (χ1v) is 7.73. The summed E-state index contributed by atoms with van der Waals surface area (Å²) in [5.74, 6) is -1.12. The lowest BCUT2D eigenvalue weighted by molar-refractivity contribution is -0.143. The Morgan fingerprint density at radius 3 is 2.77 bits per heavy atom. The molecule has 1 amide bonds. The molecule has 11 heteroatoms. The summed E-state index contributed by atoms with van der Waals surface area (Å²) in [6, 6.07) is 2.02. The Balaban J connectivity index is 1.99. The summed E-state index contributed by atoms with van der Waals surface area (Å²) in [5, 5.41) is 3.76. The Bertz CT molecular complexity index is 868. The number of ether oxygens (including phenoxy) is 1. The van der Waals surface area contributed by atoms with E-state index >= 15 is 0 Å². The molecule has 0 aliphatic carbocycles. The number of carbonyl (C=O) groups excluding carboxylic acids is 2. The van der Waals surface area contributed by atoms with E-state index in [0.717, 1.165) is 12.4 Å². The molecule has 0 bridgehead atoms. The Morgan fingerprint density at radius 2 is 2.12 bits per heavy atom. The van der Waals surface area contributed by atoms with E-state index in [1.165, 1.54) is 24.1 Å². The molecule has 2 aromatic rings. The van der Waals surface area contributed by atoms with Crippen molar-refractivity contribution in [3.05, 3.63) is 40.9 Å². The number of halogens is 4. The lowest BCUT2D eigenvalue weighted by Gasteiger charge is -2.22. The molecule has 3 heterocycles. The van der Waals surface area contributed by atoms with Crippen molar-refractivity contribution >= 4 is 29.2 Å². The Morgan fingerprint density at radius 1 is 1.38 bits per heavy atom.